The summed E-state index contributed by atoms with van der Waals surface area (Å²) < 4.78 is 0. The van der Waals surface area contributed by atoms with Gasteiger partial charge in [0, 0.05) is 5.92 Å². The van der Waals surface area contributed by atoms with Gasteiger partial charge in [0.25, 0.3) is 0 Å². The molecule has 0 rings (SSSR count). The minimum absolute atomic E-state index is 0.0286. The molecule has 8 heavy (non-hydrogen) atoms. The summed E-state index contributed by atoms with van der Waals surface area (Å²) in [6.45, 7) is 1.92. The van der Waals surface area contributed by atoms with Gasteiger partial charge in [0.15, 0.2) is 0 Å². The Bertz CT molecular complexity index is 64.9. The number of rotatable bonds is 3. The molecular formula is C6H12O2. The Hall–Kier alpha value is -0.340. The molecule has 0 aliphatic heterocycles. The number of allylic oxidation sites excluding steroid dienone is 1. The first-order valence-electron chi connectivity index (χ1n) is 2.69. The largest absolute Gasteiger partial charge is 0.396 e. The van der Waals surface area contributed by atoms with Crippen LogP contribution in [0.15, 0.2) is 12.2 Å². The maximum atomic E-state index is 8.45. The molecule has 0 amide bonds. The van der Waals surface area contributed by atoms with Gasteiger partial charge in [-0.05, 0) is 6.92 Å². The van der Waals surface area contributed by atoms with Crippen LogP contribution in [0, 0.1) is 5.92 Å². The molecule has 0 unspecified atom stereocenters. The molecule has 0 radical (unpaired) electrons. The molecule has 0 atom stereocenters. The van der Waals surface area contributed by atoms with Gasteiger partial charge in [-0.15, -0.1) is 0 Å². The first-order chi connectivity index (χ1) is 3.85. The van der Waals surface area contributed by atoms with Crippen molar-refractivity contribution in [1.82, 2.24) is 0 Å². The van der Waals surface area contributed by atoms with E-state index in [-0.39, 0.29) is 19.1 Å². The fourth-order valence-electron chi connectivity index (χ4n) is 0.452. The van der Waals surface area contributed by atoms with Crippen molar-refractivity contribution < 1.29 is 10.2 Å². The second kappa shape index (κ2) is 4.81. The second-order valence-corrected chi connectivity index (χ2v) is 1.65. The highest BCUT2D eigenvalue weighted by Gasteiger charge is 1.96. The minimum Gasteiger partial charge on any atom is -0.396 e. The van der Waals surface area contributed by atoms with Crippen LogP contribution in [0.5, 0.6) is 0 Å². The lowest BCUT2D eigenvalue weighted by molar-refractivity contribution is 0.178. The van der Waals surface area contributed by atoms with E-state index in [1.807, 2.05) is 13.0 Å². The van der Waals surface area contributed by atoms with Crippen LogP contribution in [-0.2, 0) is 0 Å². The third-order valence-electron chi connectivity index (χ3n) is 0.934. The van der Waals surface area contributed by atoms with E-state index in [1.165, 1.54) is 0 Å². The number of hydrogen-bond donors (Lipinski definition) is 2. The summed E-state index contributed by atoms with van der Waals surface area (Å²) in [6.07, 6.45) is 3.59. The number of aliphatic hydroxyl groups excluding tert-OH is 2. The maximum absolute atomic E-state index is 8.45. The van der Waals surface area contributed by atoms with Crippen molar-refractivity contribution in [3.8, 4) is 0 Å². The SMILES string of the molecule is CC=CC(CO)CO. The molecule has 0 spiro atoms. The highest BCUT2D eigenvalue weighted by molar-refractivity contribution is 4.84. The molecule has 0 aromatic rings. The zero-order chi connectivity index (χ0) is 6.41. The van der Waals surface area contributed by atoms with Crippen LogP contribution in [0.3, 0.4) is 0 Å². The molecular weight excluding hydrogens is 104 g/mol. The van der Waals surface area contributed by atoms with E-state index in [1.54, 1.807) is 6.08 Å². The minimum atomic E-state index is -0.0694. The topological polar surface area (TPSA) is 40.5 Å². The van der Waals surface area contributed by atoms with Crippen molar-refractivity contribution in [3.05, 3.63) is 12.2 Å². The quantitative estimate of drug-likeness (QED) is 0.516. The predicted octanol–water partition coefficient (Wildman–Crippen LogP) is 0.163. The number of aliphatic hydroxyl groups is 2. The summed E-state index contributed by atoms with van der Waals surface area (Å²) in [5.74, 6) is -0.0694. The van der Waals surface area contributed by atoms with E-state index in [0.717, 1.165) is 0 Å². The van der Waals surface area contributed by atoms with Crippen molar-refractivity contribution in [1.29, 1.82) is 0 Å². The lowest BCUT2D eigenvalue weighted by Gasteiger charge is -2.01. The summed E-state index contributed by atoms with van der Waals surface area (Å²) in [6, 6.07) is 0. The van der Waals surface area contributed by atoms with Crippen LogP contribution < -0.4 is 0 Å². The van der Waals surface area contributed by atoms with Crippen LogP contribution in [0.4, 0.5) is 0 Å². The molecule has 0 saturated heterocycles. The van der Waals surface area contributed by atoms with Crippen LogP contribution in [0.2, 0.25) is 0 Å². The van der Waals surface area contributed by atoms with Gasteiger partial charge in [-0.2, -0.15) is 0 Å². The van der Waals surface area contributed by atoms with E-state index in [9.17, 15) is 0 Å². The Morgan fingerprint density at radius 1 is 1.38 bits per heavy atom. The van der Waals surface area contributed by atoms with Crippen LogP contribution in [0.25, 0.3) is 0 Å². The molecule has 0 bridgehead atoms. The van der Waals surface area contributed by atoms with Crippen LogP contribution in [0.1, 0.15) is 6.92 Å². The van der Waals surface area contributed by atoms with Crippen LogP contribution >= 0.6 is 0 Å². The average Bonchev–Trinajstić information content (AvgIpc) is 1.83. The van der Waals surface area contributed by atoms with E-state index >= 15 is 0 Å². The molecule has 0 heterocycles. The van der Waals surface area contributed by atoms with Gasteiger partial charge in [0.2, 0.25) is 0 Å². The van der Waals surface area contributed by atoms with Crippen molar-refractivity contribution in [3.63, 3.8) is 0 Å². The molecule has 0 aliphatic rings. The Balaban J connectivity index is 3.36. The van der Waals surface area contributed by atoms with Gasteiger partial charge >= 0.3 is 0 Å². The van der Waals surface area contributed by atoms with E-state index in [2.05, 4.69) is 0 Å². The summed E-state index contributed by atoms with van der Waals surface area (Å²) in [7, 11) is 0. The fraction of sp³-hybridized carbons (Fsp3) is 0.667. The van der Waals surface area contributed by atoms with Crippen LogP contribution in [-0.4, -0.2) is 23.4 Å². The Kier molecular flexibility index (Phi) is 4.61. The summed E-state index contributed by atoms with van der Waals surface area (Å²) in [5.41, 5.74) is 0. The van der Waals surface area contributed by atoms with Gasteiger partial charge in [0.1, 0.15) is 0 Å². The molecule has 2 N–H and O–H groups in total. The Morgan fingerprint density at radius 3 is 2.00 bits per heavy atom. The maximum Gasteiger partial charge on any atom is 0.0515 e. The zero-order valence-electron chi connectivity index (χ0n) is 5.04. The molecule has 0 aromatic carbocycles. The van der Waals surface area contributed by atoms with Gasteiger partial charge in [0.05, 0.1) is 13.2 Å². The molecule has 2 nitrogen and oxygen atoms in total. The standard InChI is InChI=1S/C6H12O2/c1-2-3-6(4-7)5-8/h2-3,6-8H,4-5H2,1H3. The van der Waals surface area contributed by atoms with E-state index in [4.69, 9.17) is 10.2 Å². The van der Waals surface area contributed by atoms with Crippen molar-refractivity contribution >= 4 is 0 Å². The third kappa shape index (κ3) is 2.77. The van der Waals surface area contributed by atoms with Gasteiger partial charge in [-0.25, -0.2) is 0 Å². The smallest absolute Gasteiger partial charge is 0.0515 e. The van der Waals surface area contributed by atoms with Gasteiger partial charge in [-0.3, -0.25) is 0 Å². The first-order valence-corrected chi connectivity index (χ1v) is 2.69. The monoisotopic (exact) mass is 116 g/mol. The van der Waals surface area contributed by atoms with E-state index < -0.39 is 0 Å². The summed E-state index contributed by atoms with van der Waals surface area (Å²) in [5, 5.41) is 16.9. The van der Waals surface area contributed by atoms with Gasteiger partial charge in [-0.1, -0.05) is 12.2 Å². The zero-order valence-corrected chi connectivity index (χ0v) is 5.04. The lowest BCUT2D eigenvalue weighted by Crippen LogP contribution is -2.06. The molecule has 0 fully saturated rings. The lowest BCUT2D eigenvalue weighted by atomic mass is 10.2. The summed E-state index contributed by atoms with van der Waals surface area (Å²) >= 11 is 0. The van der Waals surface area contributed by atoms with Crippen molar-refractivity contribution in [2.24, 2.45) is 5.92 Å². The van der Waals surface area contributed by atoms with E-state index in [0.29, 0.717) is 0 Å². The molecule has 48 valence electrons. The Labute approximate surface area is 49.5 Å². The molecule has 0 saturated carbocycles. The summed E-state index contributed by atoms with van der Waals surface area (Å²) in [4.78, 5) is 0. The van der Waals surface area contributed by atoms with Crippen molar-refractivity contribution in [2.75, 3.05) is 13.2 Å². The molecule has 2 heteroatoms. The molecule has 0 aromatic heterocycles. The predicted molar refractivity (Wildman–Crippen MR) is 32.5 cm³/mol. The third-order valence-corrected chi connectivity index (χ3v) is 0.934. The normalized spacial score (nSPS) is 11.5. The molecule has 0 aliphatic carbocycles. The average molecular weight is 116 g/mol. The fourth-order valence-corrected chi connectivity index (χ4v) is 0.452. The van der Waals surface area contributed by atoms with Gasteiger partial charge < -0.3 is 10.2 Å². The first kappa shape index (κ1) is 7.66. The Morgan fingerprint density at radius 2 is 1.88 bits per heavy atom. The second-order valence-electron chi connectivity index (χ2n) is 1.65. The van der Waals surface area contributed by atoms with Crippen molar-refractivity contribution in [2.45, 2.75) is 6.92 Å². The highest BCUT2D eigenvalue weighted by Crippen LogP contribution is 1.93. The number of hydrogen-bond acceptors (Lipinski definition) is 2. The highest BCUT2D eigenvalue weighted by atomic mass is 16.3.